The molecule has 1 saturated heterocycles. The Bertz CT molecular complexity index is 935. The third-order valence-corrected chi connectivity index (χ3v) is 5.83. The summed E-state index contributed by atoms with van der Waals surface area (Å²) in [5.74, 6) is -0.571. The van der Waals surface area contributed by atoms with Crippen LogP contribution in [-0.4, -0.2) is 40.3 Å². The van der Waals surface area contributed by atoms with Crippen LogP contribution in [0.3, 0.4) is 0 Å². The predicted octanol–water partition coefficient (Wildman–Crippen LogP) is 2.89. The molecule has 2 aliphatic rings. The Hall–Kier alpha value is -2.70. The number of likely N-dealkylation sites (tertiary alicyclic amines) is 1. The van der Waals surface area contributed by atoms with Crippen molar-refractivity contribution in [2.45, 2.75) is 51.0 Å². The number of amides is 1. The minimum atomic E-state index is -0.479. The fourth-order valence-corrected chi connectivity index (χ4v) is 4.17. The molecule has 1 fully saturated rings. The molecule has 29 heavy (non-hydrogen) atoms. The van der Waals surface area contributed by atoms with Crippen LogP contribution in [0.1, 0.15) is 49.4 Å². The SMILES string of the molecule is O=C(COc1ccccc1F)N1CCC(n2nc3c(cc2=O)CCCCC3)CC1. The van der Waals surface area contributed by atoms with Crippen molar-refractivity contribution in [3.8, 4) is 5.75 Å². The van der Waals surface area contributed by atoms with Gasteiger partial charge in [-0.3, -0.25) is 9.59 Å². The van der Waals surface area contributed by atoms with E-state index >= 15 is 0 Å². The van der Waals surface area contributed by atoms with Crippen molar-refractivity contribution in [1.82, 2.24) is 14.7 Å². The molecule has 2 heterocycles. The van der Waals surface area contributed by atoms with Gasteiger partial charge in [-0.1, -0.05) is 18.6 Å². The minimum absolute atomic E-state index is 0.00703. The second-order valence-corrected chi connectivity index (χ2v) is 7.79. The van der Waals surface area contributed by atoms with E-state index in [0.29, 0.717) is 25.9 Å². The van der Waals surface area contributed by atoms with Crippen LogP contribution in [0.5, 0.6) is 5.75 Å². The van der Waals surface area contributed by atoms with E-state index in [4.69, 9.17) is 4.74 Å². The smallest absolute Gasteiger partial charge is 0.267 e. The number of fused-ring (bicyclic) bond motifs is 1. The lowest BCUT2D eigenvalue weighted by atomic mass is 10.0. The van der Waals surface area contributed by atoms with Gasteiger partial charge in [0.25, 0.3) is 11.5 Å². The van der Waals surface area contributed by atoms with Crippen LogP contribution >= 0.6 is 0 Å². The second-order valence-electron chi connectivity index (χ2n) is 7.79. The largest absolute Gasteiger partial charge is 0.481 e. The number of rotatable bonds is 4. The summed E-state index contributed by atoms with van der Waals surface area (Å²) >= 11 is 0. The normalized spacial score (nSPS) is 17.5. The third-order valence-electron chi connectivity index (χ3n) is 5.83. The molecule has 154 valence electrons. The van der Waals surface area contributed by atoms with Crippen LogP contribution < -0.4 is 10.3 Å². The van der Waals surface area contributed by atoms with Crippen molar-refractivity contribution in [1.29, 1.82) is 0 Å². The number of hydrogen-bond acceptors (Lipinski definition) is 4. The number of halogens is 1. The van der Waals surface area contributed by atoms with E-state index < -0.39 is 5.82 Å². The zero-order valence-corrected chi connectivity index (χ0v) is 16.5. The van der Waals surface area contributed by atoms with Crippen molar-refractivity contribution < 1.29 is 13.9 Å². The summed E-state index contributed by atoms with van der Waals surface area (Å²) in [5, 5.41) is 4.69. The molecule has 0 radical (unpaired) electrons. The van der Waals surface area contributed by atoms with Gasteiger partial charge in [0.15, 0.2) is 18.2 Å². The van der Waals surface area contributed by atoms with E-state index in [-0.39, 0.29) is 29.9 Å². The lowest BCUT2D eigenvalue weighted by molar-refractivity contribution is -0.134. The van der Waals surface area contributed by atoms with Crippen LogP contribution in [0.4, 0.5) is 4.39 Å². The Balaban J connectivity index is 1.36. The molecule has 0 bridgehead atoms. The molecule has 0 unspecified atom stereocenters. The van der Waals surface area contributed by atoms with E-state index in [1.165, 1.54) is 18.6 Å². The lowest BCUT2D eigenvalue weighted by Gasteiger charge is -2.32. The summed E-state index contributed by atoms with van der Waals surface area (Å²) in [4.78, 5) is 26.7. The highest BCUT2D eigenvalue weighted by atomic mass is 19.1. The topological polar surface area (TPSA) is 64.4 Å². The molecule has 0 atom stereocenters. The fourth-order valence-electron chi connectivity index (χ4n) is 4.17. The maximum Gasteiger partial charge on any atom is 0.267 e. The number of benzene rings is 1. The van der Waals surface area contributed by atoms with Gasteiger partial charge in [-0.2, -0.15) is 5.10 Å². The number of nitrogens with zero attached hydrogens (tertiary/aromatic N) is 3. The Labute approximate surface area is 169 Å². The number of piperidine rings is 1. The Morgan fingerprint density at radius 1 is 1.14 bits per heavy atom. The first-order chi connectivity index (χ1) is 14.1. The molecule has 1 aromatic carbocycles. The first-order valence-corrected chi connectivity index (χ1v) is 10.4. The molecule has 1 aliphatic heterocycles. The Morgan fingerprint density at radius 3 is 2.69 bits per heavy atom. The van der Waals surface area contributed by atoms with E-state index in [1.807, 2.05) is 0 Å². The first kappa shape index (κ1) is 19.6. The van der Waals surface area contributed by atoms with Crippen LogP contribution in [0, 0.1) is 5.82 Å². The number of carbonyl (C=O) groups is 1. The molecule has 1 amide bonds. The van der Waals surface area contributed by atoms with Gasteiger partial charge in [-0.15, -0.1) is 0 Å². The lowest BCUT2D eigenvalue weighted by Crippen LogP contribution is -2.43. The van der Waals surface area contributed by atoms with E-state index in [1.54, 1.807) is 27.8 Å². The molecule has 7 heteroatoms. The van der Waals surface area contributed by atoms with Gasteiger partial charge >= 0.3 is 0 Å². The molecular weight excluding hydrogens is 373 g/mol. The number of para-hydroxylation sites is 1. The molecule has 2 aromatic rings. The molecule has 0 N–H and O–H groups in total. The summed E-state index contributed by atoms with van der Waals surface area (Å²) in [6, 6.07) is 7.81. The molecular formula is C22H26FN3O3. The predicted molar refractivity (Wildman–Crippen MR) is 107 cm³/mol. The van der Waals surface area contributed by atoms with Gasteiger partial charge < -0.3 is 9.64 Å². The van der Waals surface area contributed by atoms with Crippen LogP contribution in [0.15, 0.2) is 35.1 Å². The van der Waals surface area contributed by atoms with E-state index in [2.05, 4.69) is 5.10 Å². The maximum atomic E-state index is 13.6. The van der Waals surface area contributed by atoms with Gasteiger partial charge in [0.2, 0.25) is 0 Å². The Kier molecular flexibility index (Phi) is 5.92. The number of carbonyl (C=O) groups excluding carboxylic acids is 1. The Morgan fingerprint density at radius 2 is 1.90 bits per heavy atom. The van der Waals surface area contributed by atoms with E-state index in [9.17, 15) is 14.0 Å². The summed E-state index contributed by atoms with van der Waals surface area (Å²) in [6.07, 6.45) is 6.64. The molecule has 1 aliphatic carbocycles. The highest BCUT2D eigenvalue weighted by molar-refractivity contribution is 5.77. The fraction of sp³-hybridized carbons (Fsp3) is 0.500. The average Bonchev–Trinajstić information content (AvgIpc) is 2.97. The number of aryl methyl sites for hydroxylation is 2. The zero-order chi connectivity index (χ0) is 20.2. The van der Waals surface area contributed by atoms with E-state index in [0.717, 1.165) is 36.9 Å². The monoisotopic (exact) mass is 399 g/mol. The zero-order valence-electron chi connectivity index (χ0n) is 16.5. The van der Waals surface area contributed by atoms with Gasteiger partial charge in [0.1, 0.15) is 0 Å². The quantitative estimate of drug-likeness (QED) is 0.742. The average molecular weight is 399 g/mol. The summed E-state index contributed by atoms with van der Waals surface area (Å²) in [7, 11) is 0. The standard InChI is InChI=1S/C22H26FN3O3/c23-18-7-4-5-9-20(18)29-15-22(28)25-12-10-17(11-13-25)26-21(27)14-16-6-2-1-3-8-19(16)24-26/h4-5,7,9,14,17H,1-3,6,8,10-13,15H2. The number of ether oxygens (including phenoxy) is 1. The van der Waals surface area contributed by atoms with Crippen molar-refractivity contribution >= 4 is 5.91 Å². The van der Waals surface area contributed by atoms with Crippen LogP contribution in [-0.2, 0) is 17.6 Å². The summed E-state index contributed by atoms with van der Waals surface area (Å²) in [5.41, 5.74) is 2.11. The van der Waals surface area contributed by atoms with Gasteiger partial charge in [-0.05, 0) is 56.2 Å². The van der Waals surface area contributed by atoms with Gasteiger partial charge in [0, 0.05) is 19.2 Å². The van der Waals surface area contributed by atoms with Crippen molar-refractivity contribution in [2.24, 2.45) is 0 Å². The molecule has 0 saturated carbocycles. The molecule has 1 aromatic heterocycles. The molecule has 0 spiro atoms. The van der Waals surface area contributed by atoms with Crippen molar-refractivity contribution in [3.63, 3.8) is 0 Å². The second kappa shape index (κ2) is 8.76. The molecule has 6 nitrogen and oxygen atoms in total. The van der Waals surface area contributed by atoms with Crippen molar-refractivity contribution in [3.05, 3.63) is 57.8 Å². The van der Waals surface area contributed by atoms with Gasteiger partial charge in [0.05, 0.1) is 11.7 Å². The van der Waals surface area contributed by atoms with Crippen molar-refractivity contribution in [2.75, 3.05) is 19.7 Å². The highest BCUT2D eigenvalue weighted by Crippen LogP contribution is 2.23. The third kappa shape index (κ3) is 4.49. The first-order valence-electron chi connectivity index (χ1n) is 10.4. The number of aromatic nitrogens is 2. The minimum Gasteiger partial charge on any atom is -0.481 e. The summed E-state index contributed by atoms with van der Waals surface area (Å²) < 4.78 is 20.6. The maximum absolute atomic E-state index is 13.6. The number of hydrogen-bond donors (Lipinski definition) is 0. The molecule has 4 rings (SSSR count). The summed E-state index contributed by atoms with van der Waals surface area (Å²) in [6.45, 7) is 0.882. The van der Waals surface area contributed by atoms with Gasteiger partial charge in [-0.25, -0.2) is 9.07 Å². The van der Waals surface area contributed by atoms with Crippen LogP contribution in [0.25, 0.3) is 0 Å². The highest BCUT2D eigenvalue weighted by Gasteiger charge is 2.26. The van der Waals surface area contributed by atoms with Crippen LogP contribution in [0.2, 0.25) is 0 Å².